The van der Waals surface area contributed by atoms with Gasteiger partial charge in [-0.15, -0.1) is 0 Å². The fraction of sp³-hybridized carbons (Fsp3) is 0.318. The molecule has 5 nitrogen and oxygen atoms in total. The van der Waals surface area contributed by atoms with E-state index >= 15 is 0 Å². The summed E-state index contributed by atoms with van der Waals surface area (Å²) in [6, 6.07) is 20.2. The lowest BCUT2D eigenvalue weighted by Crippen LogP contribution is -2.50. The zero-order valence-corrected chi connectivity index (χ0v) is 15.9. The molecule has 0 unspecified atom stereocenters. The monoisotopic (exact) mass is 362 g/mol. The highest BCUT2D eigenvalue weighted by molar-refractivity contribution is 5.99. The lowest BCUT2D eigenvalue weighted by atomic mass is 10.1. The van der Waals surface area contributed by atoms with E-state index < -0.39 is 0 Å². The van der Waals surface area contributed by atoms with Crippen LogP contribution in [-0.2, 0) is 0 Å². The van der Waals surface area contributed by atoms with E-state index in [0.29, 0.717) is 5.69 Å². The zero-order valence-electron chi connectivity index (χ0n) is 15.9. The van der Waals surface area contributed by atoms with Gasteiger partial charge >= 0.3 is 0 Å². The van der Waals surface area contributed by atoms with Crippen LogP contribution >= 0.6 is 0 Å². The van der Waals surface area contributed by atoms with E-state index in [4.69, 9.17) is 0 Å². The molecule has 0 radical (unpaired) electrons. The first kappa shape index (κ1) is 17.6. The van der Waals surface area contributed by atoms with Gasteiger partial charge in [0.05, 0.1) is 11.6 Å². The Morgan fingerprint density at radius 2 is 1.63 bits per heavy atom. The molecule has 0 bridgehead atoms. The maximum absolute atomic E-state index is 13.2. The molecule has 1 atom stereocenters. The van der Waals surface area contributed by atoms with Crippen LogP contribution in [0.15, 0.2) is 60.7 Å². The molecule has 1 amide bonds. The summed E-state index contributed by atoms with van der Waals surface area (Å²) >= 11 is 0. The number of aromatic nitrogens is 1. The second-order valence-electron chi connectivity index (χ2n) is 7.26. The normalized spacial score (nSPS) is 16.4. The summed E-state index contributed by atoms with van der Waals surface area (Å²) in [5, 5.41) is 6.54. The minimum Gasteiger partial charge on any atom is -0.344 e. The van der Waals surface area contributed by atoms with Gasteiger partial charge in [0.25, 0.3) is 5.91 Å². The smallest absolute Gasteiger partial charge is 0.270 e. The number of piperazine rings is 1. The molecule has 1 aromatic heterocycles. The Bertz CT molecular complexity index is 926. The van der Waals surface area contributed by atoms with Crippen LogP contribution < -0.4 is 10.3 Å². The quantitative estimate of drug-likeness (QED) is 0.776. The lowest BCUT2D eigenvalue weighted by molar-refractivity contribution is 0.0929. The molecule has 5 heteroatoms. The van der Waals surface area contributed by atoms with Gasteiger partial charge in [0, 0.05) is 31.6 Å². The van der Waals surface area contributed by atoms with Gasteiger partial charge in [-0.05, 0) is 31.7 Å². The molecule has 1 N–H and O–H groups in total. The summed E-state index contributed by atoms with van der Waals surface area (Å²) in [7, 11) is 2.14. The second-order valence-corrected chi connectivity index (χ2v) is 7.26. The predicted molar refractivity (Wildman–Crippen MR) is 110 cm³/mol. The van der Waals surface area contributed by atoms with E-state index in [1.165, 1.54) is 0 Å². The number of nitrogens with zero attached hydrogens (tertiary/aromatic N) is 3. The van der Waals surface area contributed by atoms with Crippen LogP contribution in [0, 0.1) is 0 Å². The van der Waals surface area contributed by atoms with E-state index in [1.54, 1.807) is 0 Å². The predicted octanol–water partition coefficient (Wildman–Crippen LogP) is 3.02. The summed E-state index contributed by atoms with van der Waals surface area (Å²) in [6.07, 6.45) is 0. The number of carbonyl (C=O) groups excluding carboxylic acids is 1. The van der Waals surface area contributed by atoms with E-state index in [0.717, 1.165) is 42.6 Å². The maximum Gasteiger partial charge on any atom is 0.270 e. The Kier molecular flexibility index (Phi) is 4.86. The fourth-order valence-corrected chi connectivity index (χ4v) is 3.70. The number of nitrogens with one attached hydrogen (secondary N) is 1. The van der Waals surface area contributed by atoms with Gasteiger partial charge in [-0.2, -0.15) is 0 Å². The Balaban J connectivity index is 1.66. The van der Waals surface area contributed by atoms with Crippen molar-refractivity contribution >= 4 is 16.8 Å². The van der Waals surface area contributed by atoms with E-state index in [9.17, 15) is 4.79 Å². The largest absolute Gasteiger partial charge is 0.344 e. The Morgan fingerprint density at radius 3 is 2.37 bits per heavy atom. The average Bonchev–Trinajstić information content (AvgIpc) is 3.09. The molecule has 1 aliphatic heterocycles. The number of rotatable bonds is 4. The standard InChI is InChI=1S/C22H26N4O/c1-17(18-8-4-3-5-9-18)23-22(27)21-16-19-10-6-7-11-20(19)26(21)25-14-12-24(2)13-15-25/h3-11,16-17H,12-15H2,1-2H3,(H,23,27)/t17-/m0/s1. The van der Waals surface area contributed by atoms with Crippen LogP contribution in [0.4, 0.5) is 0 Å². The number of para-hydroxylation sites is 1. The number of amides is 1. The molecule has 140 valence electrons. The molecule has 3 aromatic rings. The van der Waals surface area contributed by atoms with Crippen molar-refractivity contribution < 1.29 is 4.79 Å². The molecule has 0 aliphatic carbocycles. The molecular weight excluding hydrogens is 336 g/mol. The zero-order chi connectivity index (χ0) is 18.8. The number of fused-ring (bicyclic) bond motifs is 1. The van der Waals surface area contributed by atoms with Crippen LogP contribution in [-0.4, -0.2) is 48.7 Å². The first-order valence-corrected chi connectivity index (χ1v) is 9.53. The van der Waals surface area contributed by atoms with Gasteiger partial charge in [-0.3, -0.25) is 9.47 Å². The van der Waals surface area contributed by atoms with Crippen LogP contribution in [0.3, 0.4) is 0 Å². The summed E-state index contributed by atoms with van der Waals surface area (Å²) in [6.45, 7) is 5.82. The first-order chi connectivity index (χ1) is 13.1. The number of hydrogen-bond donors (Lipinski definition) is 1. The molecule has 1 saturated heterocycles. The molecule has 2 heterocycles. The number of benzene rings is 2. The SMILES string of the molecule is C[C@H](NC(=O)c1cc2ccccc2n1N1CCN(C)CC1)c1ccccc1. The highest BCUT2D eigenvalue weighted by Gasteiger charge is 2.23. The summed E-state index contributed by atoms with van der Waals surface area (Å²) < 4.78 is 2.11. The number of carbonyl (C=O) groups is 1. The third-order valence-corrected chi connectivity index (χ3v) is 5.33. The summed E-state index contributed by atoms with van der Waals surface area (Å²) in [4.78, 5) is 15.5. The van der Waals surface area contributed by atoms with Crippen molar-refractivity contribution in [2.24, 2.45) is 0 Å². The van der Waals surface area contributed by atoms with Crippen molar-refractivity contribution in [3.63, 3.8) is 0 Å². The van der Waals surface area contributed by atoms with Crippen LogP contribution in [0.2, 0.25) is 0 Å². The molecule has 27 heavy (non-hydrogen) atoms. The van der Waals surface area contributed by atoms with Crippen LogP contribution in [0.25, 0.3) is 10.9 Å². The summed E-state index contributed by atoms with van der Waals surface area (Å²) in [5.74, 6) is -0.0403. The topological polar surface area (TPSA) is 40.5 Å². The third-order valence-electron chi connectivity index (χ3n) is 5.33. The van der Waals surface area contributed by atoms with E-state index in [-0.39, 0.29) is 11.9 Å². The van der Waals surface area contributed by atoms with Crippen molar-refractivity contribution in [2.45, 2.75) is 13.0 Å². The Hall–Kier alpha value is -2.79. The lowest BCUT2D eigenvalue weighted by Gasteiger charge is -2.36. The van der Waals surface area contributed by atoms with Crippen molar-refractivity contribution in [1.82, 2.24) is 14.9 Å². The van der Waals surface area contributed by atoms with Gasteiger partial charge < -0.3 is 15.2 Å². The molecule has 4 rings (SSSR count). The molecule has 2 aromatic carbocycles. The van der Waals surface area contributed by atoms with Gasteiger partial charge in [0.2, 0.25) is 0 Å². The van der Waals surface area contributed by atoms with Crippen molar-refractivity contribution in [3.8, 4) is 0 Å². The fourth-order valence-electron chi connectivity index (χ4n) is 3.70. The second kappa shape index (κ2) is 7.45. The summed E-state index contributed by atoms with van der Waals surface area (Å²) in [5.41, 5.74) is 2.89. The minimum absolute atomic E-state index is 0.0403. The highest BCUT2D eigenvalue weighted by atomic mass is 16.2. The van der Waals surface area contributed by atoms with Crippen molar-refractivity contribution in [3.05, 3.63) is 71.9 Å². The minimum atomic E-state index is -0.0438. The maximum atomic E-state index is 13.2. The number of likely N-dealkylation sites (N-methyl/N-ethyl adjacent to an activating group) is 1. The van der Waals surface area contributed by atoms with E-state index in [1.807, 2.05) is 55.5 Å². The van der Waals surface area contributed by atoms with Gasteiger partial charge in [-0.25, -0.2) is 0 Å². The Morgan fingerprint density at radius 1 is 0.963 bits per heavy atom. The van der Waals surface area contributed by atoms with Gasteiger partial charge in [-0.1, -0.05) is 48.5 Å². The van der Waals surface area contributed by atoms with Crippen LogP contribution in [0.1, 0.15) is 29.0 Å². The molecule has 0 spiro atoms. The molecular formula is C22H26N4O. The third kappa shape index (κ3) is 3.55. The van der Waals surface area contributed by atoms with E-state index in [2.05, 4.69) is 39.1 Å². The number of hydrogen-bond acceptors (Lipinski definition) is 3. The molecule has 1 aliphatic rings. The average molecular weight is 362 g/mol. The van der Waals surface area contributed by atoms with Gasteiger partial charge in [0.1, 0.15) is 5.69 Å². The van der Waals surface area contributed by atoms with Crippen molar-refractivity contribution in [2.75, 3.05) is 38.2 Å². The molecule has 1 fully saturated rings. The van der Waals surface area contributed by atoms with Gasteiger partial charge in [0.15, 0.2) is 0 Å². The Labute approximate surface area is 160 Å². The van der Waals surface area contributed by atoms with Crippen molar-refractivity contribution in [1.29, 1.82) is 0 Å². The molecule has 0 saturated carbocycles. The van der Waals surface area contributed by atoms with Crippen LogP contribution in [0.5, 0.6) is 0 Å². The first-order valence-electron chi connectivity index (χ1n) is 9.53. The highest BCUT2D eigenvalue weighted by Crippen LogP contribution is 2.22.